The summed E-state index contributed by atoms with van der Waals surface area (Å²) in [6.07, 6.45) is 0. The molecule has 100 valence electrons. The van der Waals surface area contributed by atoms with Crippen LogP contribution in [-0.2, 0) is 10.0 Å². The number of sulfonamides is 1. The number of piperazine rings is 1. The Morgan fingerprint density at radius 2 is 2.22 bits per heavy atom. The minimum absolute atomic E-state index is 0.179. The van der Waals surface area contributed by atoms with Crippen molar-refractivity contribution >= 4 is 26.0 Å². The lowest BCUT2D eigenvalue weighted by atomic mass is 10.3. The maximum atomic E-state index is 13.7. The molecule has 0 radical (unpaired) electrons. The fraction of sp³-hybridized carbons (Fsp3) is 0.455. The molecule has 0 bridgehead atoms. The number of nitrogens with zero attached hydrogens (tertiary/aromatic N) is 1. The molecule has 1 aromatic rings. The number of hydrogen-bond acceptors (Lipinski definition) is 3. The van der Waals surface area contributed by atoms with Crippen LogP contribution in [0.5, 0.6) is 0 Å². The summed E-state index contributed by atoms with van der Waals surface area (Å²) in [7, 11) is -3.78. The van der Waals surface area contributed by atoms with Crippen LogP contribution in [0.4, 0.5) is 4.39 Å². The van der Waals surface area contributed by atoms with Crippen LogP contribution in [0.2, 0.25) is 0 Å². The molecule has 1 atom stereocenters. The third kappa shape index (κ3) is 2.59. The topological polar surface area (TPSA) is 49.4 Å². The Morgan fingerprint density at radius 1 is 1.50 bits per heavy atom. The van der Waals surface area contributed by atoms with Gasteiger partial charge in [0.1, 0.15) is 10.7 Å². The van der Waals surface area contributed by atoms with Crippen LogP contribution >= 0.6 is 15.9 Å². The van der Waals surface area contributed by atoms with Crippen LogP contribution in [0.3, 0.4) is 0 Å². The van der Waals surface area contributed by atoms with Crippen molar-refractivity contribution in [2.45, 2.75) is 17.9 Å². The van der Waals surface area contributed by atoms with Gasteiger partial charge in [0, 0.05) is 30.1 Å². The molecule has 1 N–H and O–H groups in total. The lowest BCUT2D eigenvalue weighted by molar-refractivity contribution is 0.283. The van der Waals surface area contributed by atoms with Crippen molar-refractivity contribution in [3.05, 3.63) is 28.5 Å². The van der Waals surface area contributed by atoms with Crippen LogP contribution in [0.1, 0.15) is 6.92 Å². The predicted octanol–water partition coefficient (Wildman–Crippen LogP) is 1.57. The molecule has 7 heteroatoms. The fourth-order valence-corrected chi connectivity index (χ4v) is 4.22. The lowest BCUT2D eigenvalue weighted by Crippen LogP contribution is -2.52. The van der Waals surface area contributed by atoms with Gasteiger partial charge in [-0.3, -0.25) is 0 Å². The summed E-state index contributed by atoms with van der Waals surface area (Å²) in [6.45, 7) is 3.32. The van der Waals surface area contributed by atoms with Gasteiger partial charge in [0.25, 0.3) is 0 Å². The zero-order valence-corrected chi connectivity index (χ0v) is 12.3. The van der Waals surface area contributed by atoms with Crippen molar-refractivity contribution in [3.8, 4) is 0 Å². The molecule has 1 aliphatic rings. The number of rotatable bonds is 2. The highest BCUT2D eigenvalue weighted by molar-refractivity contribution is 9.10. The second-order valence-electron chi connectivity index (χ2n) is 4.24. The molecule has 1 unspecified atom stereocenters. The Bertz CT molecular complexity index is 550. The Morgan fingerprint density at radius 3 is 2.89 bits per heavy atom. The molecule has 0 amide bonds. The zero-order chi connectivity index (χ0) is 13.3. The van der Waals surface area contributed by atoms with E-state index in [2.05, 4.69) is 21.2 Å². The maximum absolute atomic E-state index is 13.7. The summed E-state index contributed by atoms with van der Waals surface area (Å²) < 4.78 is 40.4. The van der Waals surface area contributed by atoms with Gasteiger partial charge in [-0.2, -0.15) is 4.31 Å². The smallest absolute Gasteiger partial charge is 0.246 e. The van der Waals surface area contributed by atoms with Crippen molar-refractivity contribution in [2.75, 3.05) is 19.6 Å². The highest BCUT2D eigenvalue weighted by atomic mass is 79.9. The van der Waals surface area contributed by atoms with Gasteiger partial charge >= 0.3 is 0 Å². The van der Waals surface area contributed by atoms with Crippen LogP contribution < -0.4 is 5.32 Å². The second-order valence-corrected chi connectivity index (χ2v) is 7.02. The average molecular weight is 337 g/mol. The molecule has 1 fully saturated rings. The Labute approximate surface area is 114 Å². The summed E-state index contributed by atoms with van der Waals surface area (Å²) in [6, 6.07) is 3.76. The highest BCUT2D eigenvalue weighted by Gasteiger charge is 2.32. The van der Waals surface area contributed by atoms with Gasteiger partial charge in [-0.25, -0.2) is 12.8 Å². The van der Waals surface area contributed by atoms with Gasteiger partial charge in [-0.1, -0.05) is 15.9 Å². The first-order valence-corrected chi connectivity index (χ1v) is 7.84. The van der Waals surface area contributed by atoms with Crippen molar-refractivity contribution in [1.82, 2.24) is 9.62 Å². The first kappa shape index (κ1) is 13.9. The maximum Gasteiger partial charge on any atom is 0.246 e. The van der Waals surface area contributed by atoms with E-state index in [1.807, 2.05) is 0 Å². The standard InChI is InChI=1S/C11H14BrFN2O2S/c1-8-7-14-4-5-15(8)18(16,17)11-6-9(12)2-3-10(11)13/h2-3,6,8,14H,4-5,7H2,1H3. The molecule has 1 saturated heterocycles. The van der Waals surface area contributed by atoms with E-state index in [1.54, 1.807) is 6.92 Å². The molecule has 0 saturated carbocycles. The second kappa shape index (κ2) is 5.24. The van der Waals surface area contributed by atoms with E-state index in [9.17, 15) is 12.8 Å². The van der Waals surface area contributed by atoms with Gasteiger partial charge in [-0.05, 0) is 25.1 Å². The summed E-state index contributed by atoms with van der Waals surface area (Å²) >= 11 is 3.17. The van der Waals surface area contributed by atoms with E-state index in [4.69, 9.17) is 0 Å². The van der Waals surface area contributed by atoms with Gasteiger partial charge < -0.3 is 5.32 Å². The van der Waals surface area contributed by atoms with E-state index in [1.165, 1.54) is 16.4 Å². The molecule has 1 heterocycles. The minimum Gasteiger partial charge on any atom is -0.314 e. The van der Waals surface area contributed by atoms with E-state index in [-0.39, 0.29) is 10.9 Å². The summed E-state index contributed by atoms with van der Waals surface area (Å²) in [5, 5.41) is 3.10. The van der Waals surface area contributed by atoms with E-state index in [0.717, 1.165) is 6.07 Å². The van der Waals surface area contributed by atoms with E-state index < -0.39 is 15.8 Å². The third-order valence-corrected chi connectivity index (χ3v) is 5.44. The van der Waals surface area contributed by atoms with Crippen molar-refractivity contribution in [1.29, 1.82) is 0 Å². The van der Waals surface area contributed by atoms with E-state index in [0.29, 0.717) is 24.1 Å². The Balaban J connectivity index is 2.44. The van der Waals surface area contributed by atoms with Crippen LogP contribution in [-0.4, -0.2) is 38.4 Å². The SMILES string of the molecule is CC1CNCCN1S(=O)(=O)c1cc(Br)ccc1F. The zero-order valence-electron chi connectivity index (χ0n) is 9.86. The molecule has 0 spiro atoms. The average Bonchev–Trinajstić information content (AvgIpc) is 2.32. The van der Waals surface area contributed by atoms with Gasteiger partial charge in [-0.15, -0.1) is 0 Å². The third-order valence-electron chi connectivity index (χ3n) is 2.92. The van der Waals surface area contributed by atoms with Crippen molar-refractivity contribution in [2.24, 2.45) is 0 Å². The monoisotopic (exact) mass is 336 g/mol. The number of halogens is 2. The normalized spacial score (nSPS) is 22.1. The molecule has 0 aliphatic carbocycles. The van der Waals surface area contributed by atoms with Gasteiger partial charge in [0.05, 0.1) is 0 Å². The highest BCUT2D eigenvalue weighted by Crippen LogP contribution is 2.25. The first-order chi connectivity index (χ1) is 8.43. The lowest BCUT2D eigenvalue weighted by Gasteiger charge is -2.32. The first-order valence-electron chi connectivity index (χ1n) is 5.60. The van der Waals surface area contributed by atoms with Crippen LogP contribution in [0, 0.1) is 5.82 Å². The van der Waals surface area contributed by atoms with Crippen LogP contribution in [0.25, 0.3) is 0 Å². The van der Waals surface area contributed by atoms with Gasteiger partial charge in [0.2, 0.25) is 10.0 Å². The largest absolute Gasteiger partial charge is 0.314 e. The van der Waals surface area contributed by atoms with Crippen LogP contribution in [0.15, 0.2) is 27.6 Å². The molecular formula is C11H14BrFN2O2S. The number of hydrogen-bond donors (Lipinski definition) is 1. The predicted molar refractivity (Wildman–Crippen MR) is 70.3 cm³/mol. The molecule has 4 nitrogen and oxygen atoms in total. The van der Waals surface area contributed by atoms with E-state index >= 15 is 0 Å². The molecular weight excluding hydrogens is 323 g/mol. The molecule has 0 aromatic heterocycles. The molecule has 18 heavy (non-hydrogen) atoms. The van der Waals surface area contributed by atoms with Crippen molar-refractivity contribution < 1.29 is 12.8 Å². The van der Waals surface area contributed by atoms with Gasteiger partial charge in [0.15, 0.2) is 0 Å². The molecule has 1 aromatic carbocycles. The Hall–Kier alpha value is -0.500. The fourth-order valence-electron chi connectivity index (χ4n) is 1.98. The van der Waals surface area contributed by atoms with Crippen molar-refractivity contribution in [3.63, 3.8) is 0 Å². The quantitative estimate of drug-likeness (QED) is 0.891. The summed E-state index contributed by atoms with van der Waals surface area (Å²) in [5.41, 5.74) is 0. The number of nitrogens with one attached hydrogen (secondary N) is 1. The summed E-state index contributed by atoms with van der Waals surface area (Å²) in [5.74, 6) is -0.719. The molecule has 2 rings (SSSR count). The number of benzene rings is 1. The Kier molecular flexibility index (Phi) is 4.05. The summed E-state index contributed by atoms with van der Waals surface area (Å²) in [4.78, 5) is -0.273. The minimum atomic E-state index is -3.78. The molecule has 1 aliphatic heterocycles.